The second-order valence-corrected chi connectivity index (χ2v) is 8.83. The number of nitriles is 1. The van der Waals surface area contributed by atoms with E-state index in [1.165, 1.54) is 25.2 Å². The third-order valence-electron chi connectivity index (χ3n) is 4.33. The van der Waals surface area contributed by atoms with Crippen LogP contribution in [0.25, 0.3) is 0 Å². The molecule has 0 fully saturated rings. The smallest absolute Gasteiger partial charge is 0.422 e. The van der Waals surface area contributed by atoms with Crippen molar-refractivity contribution >= 4 is 21.6 Å². The molecule has 0 saturated heterocycles. The number of anilines is 1. The number of ether oxygens (including phenoxy) is 1. The molecule has 0 aromatic heterocycles. The molecule has 7 nitrogen and oxygen atoms in total. The van der Waals surface area contributed by atoms with E-state index in [9.17, 15) is 26.4 Å². The lowest BCUT2D eigenvalue weighted by atomic mass is 10.1. The van der Waals surface area contributed by atoms with Crippen molar-refractivity contribution in [3.05, 3.63) is 53.1 Å². The molecule has 2 aromatic rings. The highest BCUT2D eigenvalue weighted by Crippen LogP contribution is 2.25. The summed E-state index contributed by atoms with van der Waals surface area (Å²) < 4.78 is 67.7. The zero-order valence-corrected chi connectivity index (χ0v) is 17.8. The highest BCUT2D eigenvalue weighted by molar-refractivity contribution is 7.89. The van der Waals surface area contributed by atoms with E-state index in [1.54, 1.807) is 19.1 Å². The zero-order valence-electron chi connectivity index (χ0n) is 16.9. The average Bonchev–Trinajstić information content (AvgIpc) is 2.67. The Balaban J connectivity index is 2.09. The van der Waals surface area contributed by atoms with Crippen LogP contribution < -0.4 is 10.1 Å². The Bertz CT molecular complexity index is 1130. The summed E-state index contributed by atoms with van der Waals surface area (Å²) in [4.78, 5) is 12.3. The first kappa shape index (κ1) is 24.2. The molecule has 1 N–H and O–H groups in total. The van der Waals surface area contributed by atoms with Gasteiger partial charge >= 0.3 is 6.18 Å². The highest BCUT2D eigenvalue weighted by Gasteiger charge is 2.29. The van der Waals surface area contributed by atoms with Gasteiger partial charge in [-0.05, 0) is 55.3 Å². The predicted octanol–water partition coefficient (Wildman–Crippen LogP) is 3.38. The maximum absolute atomic E-state index is 12.7. The van der Waals surface area contributed by atoms with E-state index in [2.05, 4.69) is 10.1 Å². The molecule has 0 unspecified atom stereocenters. The van der Waals surface area contributed by atoms with Gasteiger partial charge in [-0.1, -0.05) is 6.07 Å². The van der Waals surface area contributed by atoms with Gasteiger partial charge in [-0.3, -0.25) is 4.79 Å². The van der Waals surface area contributed by atoms with Crippen LogP contribution in [0.2, 0.25) is 0 Å². The van der Waals surface area contributed by atoms with Crippen LogP contribution in [0.5, 0.6) is 5.75 Å². The number of carbonyl (C=O) groups excluding carboxylic acids is 1. The number of aryl methyl sites for hydroxylation is 2. The van der Waals surface area contributed by atoms with E-state index in [0.29, 0.717) is 0 Å². The molecule has 0 aliphatic heterocycles. The number of amides is 1. The molecule has 0 atom stereocenters. The molecule has 2 aromatic carbocycles. The molecule has 2 rings (SSSR count). The van der Waals surface area contributed by atoms with Crippen LogP contribution in [0.3, 0.4) is 0 Å². The van der Waals surface area contributed by atoms with Crippen molar-refractivity contribution in [3.8, 4) is 11.8 Å². The van der Waals surface area contributed by atoms with Crippen molar-refractivity contribution in [2.75, 3.05) is 25.5 Å². The number of hydrogen-bond acceptors (Lipinski definition) is 5. The van der Waals surface area contributed by atoms with Crippen LogP contribution >= 0.6 is 0 Å². The SMILES string of the molecule is Cc1ccc(S(=O)(=O)N(C)CC(=O)Nc2ccc(OCC(F)(F)F)c(C#N)c2)cc1C. The van der Waals surface area contributed by atoms with Crippen molar-refractivity contribution in [3.63, 3.8) is 0 Å². The first-order chi connectivity index (χ1) is 14.3. The second kappa shape index (κ2) is 9.36. The Morgan fingerprint density at radius 2 is 1.84 bits per heavy atom. The molecule has 166 valence electrons. The van der Waals surface area contributed by atoms with Gasteiger partial charge in [0.2, 0.25) is 15.9 Å². The molecule has 11 heteroatoms. The van der Waals surface area contributed by atoms with Gasteiger partial charge in [-0.15, -0.1) is 0 Å². The average molecular weight is 455 g/mol. The Morgan fingerprint density at radius 1 is 1.16 bits per heavy atom. The van der Waals surface area contributed by atoms with E-state index < -0.39 is 35.3 Å². The third-order valence-corrected chi connectivity index (χ3v) is 6.13. The summed E-state index contributed by atoms with van der Waals surface area (Å²) in [5, 5.41) is 11.5. The van der Waals surface area contributed by atoms with Gasteiger partial charge in [0.25, 0.3) is 0 Å². The van der Waals surface area contributed by atoms with E-state index in [1.807, 2.05) is 6.92 Å². The number of hydrogen-bond donors (Lipinski definition) is 1. The van der Waals surface area contributed by atoms with Gasteiger partial charge in [-0.2, -0.15) is 22.7 Å². The fourth-order valence-corrected chi connectivity index (χ4v) is 3.74. The summed E-state index contributed by atoms with van der Waals surface area (Å²) in [6, 6.07) is 9.83. The minimum atomic E-state index is -4.56. The van der Waals surface area contributed by atoms with Crippen molar-refractivity contribution in [1.82, 2.24) is 4.31 Å². The minimum absolute atomic E-state index is 0.0452. The molecule has 0 aliphatic rings. The van der Waals surface area contributed by atoms with Gasteiger partial charge in [0.15, 0.2) is 6.61 Å². The monoisotopic (exact) mass is 455 g/mol. The maximum atomic E-state index is 12.7. The second-order valence-electron chi connectivity index (χ2n) is 6.78. The number of benzene rings is 2. The van der Waals surface area contributed by atoms with E-state index in [-0.39, 0.29) is 21.9 Å². The summed E-state index contributed by atoms with van der Waals surface area (Å²) in [7, 11) is -2.66. The molecule has 0 radical (unpaired) electrons. The highest BCUT2D eigenvalue weighted by atomic mass is 32.2. The number of alkyl halides is 3. The number of likely N-dealkylation sites (N-methyl/N-ethyl adjacent to an activating group) is 1. The molecule has 31 heavy (non-hydrogen) atoms. The summed E-state index contributed by atoms with van der Waals surface area (Å²) in [6.07, 6.45) is -4.56. The van der Waals surface area contributed by atoms with Crippen LogP contribution in [0, 0.1) is 25.2 Å². The zero-order chi connectivity index (χ0) is 23.4. The largest absolute Gasteiger partial charge is 0.483 e. The normalized spacial score (nSPS) is 11.8. The van der Waals surface area contributed by atoms with Crippen LogP contribution in [0.1, 0.15) is 16.7 Å². The van der Waals surface area contributed by atoms with E-state index >= 15 is 0 Å². The first-order valence-electron chi connectivity index (χ1n) is 8.90. The fourth-order valence-electron chi connectivity index (χ4n) is 2.52. The van der Waals surface area contributed by atoms with Gasteiger partial charge in [0, 0.05) is 12.7 Å². The topological polar surface area (TPSA) is 99.5 Å². The Kier molecular flexibility index (Phi) is 7.30. The summed E-state index contributed by atoms with van der Waals surface area (Å²) in [6.45, 7) is 1.55. The number of rotatable bonds is 7. The van der Waals surface area contributed by atoms with E-state index in [0.717, 1.165) is 27.6 Å². The maximum Gasteiger partial charge on any atom is 0.422 e. The van der Waals surface area contributed by atoms with Crippen LogP contribution in [-0.2, 0) is 14.8 Å². The number of nitrogens with one attached hydrogen (secondary N) is 1. The molecule has 0 bridgehead atoms. The van der Waals surface area contributed by atoms with Gasteiger partial charge in [0.1, 0.15) is 11.8 Å². The number of halogens is 3. The fraction of sp³-hybridized carbons (Fsp3) is 0.300. The van der Waals surface area contributed by atoms with Crippen molar-refractivity contribution in [2.24, 2.45) is 0 Å². The minimum Gasteiger partial charge on any atom is -0.483 e. The lowest BCUT2D eigenvalue weighted by molar-refractivity contribution is -0.153. The van der Waals surface area contributed by atoms with Gasteiger partial charge < -0.3 is 10.1 Å². The molecule has 1 amide bonds. The van der Waals surface area contributed by atoms with Gasteiger partial charge in [0.05, 0.1) is 17.0 Å². The quantitative estimate of drug-likeness (QED) is 0.690. The van der Waals surface area contributed by atoms with Gasteiger partial charge in [-0.25, -0.2) is 8.42 Å². The standard InChI is InChI=1S/C20H20F3N3O4S/c1-13-4-6-17(8-14(13)2)31(28,29)26(3)11-19(27)25-16-5-7-18(15(9-16)10-24)30-12-20(21,22)23/h4-9H,11-12H2,1-3H3,(H,25,27). The number of carbonyl (C=O) groups is 1. The Labute approximate surface area is 178 Å². The lowest BCUT2D eigenvalue weighted by Crippen LogP contribution is -2.35. The van der Waals surface area contributed by atoms with Crippen LogP contribution in [0.15, 0.2) is 41.3 Å². The van der Waals surface area contributed by atoms with Crippen LogP contribution in [-0.4, -0.2) is 45.0 Å². The first-order valence-corrected chi connectivity index (χ1v) is 10.3. The summed E-state index contributed by atoms with van der Waals surface area (Å²) in [5.74, 6) is -0.977. The Hall–Kier alpha value is -3.10. The molecule has 0 aliphatic carbocycles. The predicted molar refractivity (Wildman–Crippen MR) is 107 cm³/mol. The molecular formula is C20H20F3N3O4S. The van der Waals surface area contributed by atoms with E-state index in [4.69, 9.17) is 5.26 Å². The lowest BCUT2D eigenvalue weighted by Gasteiger charge is -2.18. The van der Waals surface area contributed by atoms with Crippen molar-refractivity contribution in [1.29, 1.82) is 5.26 Å². The van der Waals surface area contributed by atoms with Crippen LogP contribution in [0.4, 0.5) is 18.9 Å². The van der Waals surface area contributed by atoms with Crippen molar-refractivity contribution < 1.29 is 31.1 Å². The summed E-state index contributed by atoms with van der Waals surface area (Å²) in [5.41, 5.74) is 1.61. The third kappa shape index (κ3) is 6.44. The molecule has 0 saturated carbocycles. The molecule has 0 spiro atoms. The number of nitrogens with zero attached hydrogens (tertiary/aromatic N) is 2. The Morgan fingerprint density at radius 3 is 2.42 bits per heavy atom. The summed E-state index contributed by atoms with van der Waals surface area (Å²) >= 11 is 0. The molecular weight excluding hydrogens is 435 g/mol. The van der Waals surface area contributed by atoms with Crippen molar-refractivity contribution in [2.45, 2.75) is 24.9 Å². The molecule has 0 heterocycles. The number of sulfonamides is 1.